The molecule has 0 aliphatic carbocycles. The Morgan fingerprint density at radius 2 is 1.58 bits per heavy atom. The maximum absolute atomic E-state index is 12.6. The highest BCUT2D eigenvalue weighted by Gasteiger charge is 2.11. The second-order valence-corrected chi connectivity index (χ2v) is 7.61. The van der Waals surface area contributed by atoms with Gasteiger partial charge in [0.25, 0.3) is 5.91 Å². The van der Waals surface area contributed by atoms with E-state index in [2.05, 4.69) is 10.6 Å². The van der Waals surface area contributed by atoms with Crippen LogP contribution in [-0.4, -0.2) is 38.8 Å². The molecule has 188 valence electrons. The average molecular weight is 493 g/mol. The molecule has 0 aromatic heterocycles. The Balaban J connectivity index is 1.53. The minimum atomic E-state index is -0.803. The summed E-state index contributed by atoms with van der Waals surface area (Å²) in [5, 5.41) is 5.70. The standard InChI is InChI=1S/C27H28N2O7/c1-4-35-27(32)36-22-11-9-20(10-12-22)26(31)29-21-7-5-6-19(14-21)17-28-25(30)16-18-8-13-23(33-2)24(15-18)34-3/h5-15H,4,16-17H2,1-3H3,(H,28,30)(H,29,31). The van der Waals surface area contributed by atoms with Crippen LogP contribution in [0.5, 0.6) is 17.2 Å². The number of methoxy groups -OCH3 is 2. The molecular weight excluding hydrogens is 464 g/mol. The Bertz CT molecular complexity index is 1210. The van der Waals surface area contributed by atoms with E-state index in [1.165, 1.54) is 12.1 Å². The molecule has 3 rings (SSSR count). The van der Waals surface area contributed by atoms with E-state index in [4.69, 9.17) is 18.9 Å². The lowest BCUT2D eigenvalue weighted by Gasteiger charge is -2.11. The van der Waals surface area contributed by atoms with Gasteiger partial charge in [-0.15, -0.1) is 0 Å². The van der Waals surface area contributed by atoms with Gasteiger partial charge in [-0.05, 0) is 66.6 Å². The van der Waals surface area contributed by atoms with Crippen LogP contribution in [0.3, 0.4) is 0 Å². The largest absolute Gasteiger partial charge is 0.513 e. The summed E-state index contributed by atoms with van der Waals surface area (Å²) in [6, 6.07) is 18.6. The zero-order chi connectivity index (χ0) is 25.9. The third-order valence-corrected chi connectivity index (χ3v) is 5.07. The SMILES string of the molecule is CCOC(=O)Oc1ccc(C(=O)Nc2cccc(CNC(=O)Cc3ccc(OC)c(OC)c3)c2)cc1. The van der Waals surface area contributed by atoms with Crippen LogP contribution in [0.2, 0.25) is 0 Å². The number of anilines is 1. The first kappa shape index (κ1) is 26.1. The summed E-state index contributed by atoms with van der Waals surface area (Å²) in [6.45, 7) is 2.19. The van der Waals surface area contributed by atoms with Crippen molar-refractivity contribution in [1.29, 1.82) is 0 Å². The Kier molecular flexibility index (Phi) is 9.27. The summed E-state index contributed by atoms with van der Waals surface area (Å²) >= 11 is 0. The van der Waals surface area contributed by atoms with Crippen molar-refractivity contribution >= 4 is 23.7 Å². The van der Waals surface area contributed by atoms with Gasteiger partial charge in [0.1, 0.15) is 5.75 Å². The number of hydrogen-bond donors (Lipinski definition) is 2. The van der Waals surface area contributed by atoms with Crippen LogP contribution >= 0.6 is 0 Å². The first-order chi connectivity index (χ1) is 17.4. The maximum atomic E-state index is 12.6. The predicted molar refractivity (Wildman–Crippen MR) is 134 cm³/mol. The second-order valence-electron chi connectivity index (χ2n) is 7.61. The minimum Gasteiger partial charge on any atom is -0.493 e. The van der Waals surface area contributed by atoms with Gasteiger partial charge in [-0.1, -0.05) is 18.2 Å². The van der Waals surface area contributed by atoms with Gasteiger partial charge in [-0.3, -0.25) is 9.59 Å². The molecule has 0 saturated carbocycles. The molecule has 0 bridgehead atoms. The van der Waals surface area contributed by atoms with Gasteiger partial charge in [-0.25, -0.2) is 4.79 Å². The number of ether oxygens (including phenoxy) is 4. The van der Waals surface area contributed by atoms with Gasteiger partial charge in [-0.2, -0.15) is 0 Å². The molecule has 0 radical (unpaired) electrons. The fourth-order valence-corrected chi connectivity index (χ4v) is 3.32. The molecule has 2 N–H and O–H groups in total. The number of rotatable bonds is 10. The number of carbonyl (C=O) groups excluding carboxylic acids is 3. The van der Waals surface area contributed by atoms with Crippen LogP contribution < -0.4 is 24.8 Å². The Morgan fingerprint density at radius 3 is 2.28 bits per heavy atom. The van der Waals surface area contributed by atoms with Crippen molar-refractivity contribution in [1.82, 2.24) is 5.32 Å². The molecule has 0 aliphatic rings. The highest BCUT2D eigenvalue weighted by Crippen LogP contribution is 2.27. The monoisotopic (exact) mass is 492 g/mol. The Labute approximate surface area is 209 Å². The summed E-state index contributed by atoms with van der Waals surface area (Å²) in [4.78, 5) is 36.4. The average Bonchev–Trinajstić information content (AvgIpc) is 2.88. The van der Waals surface area contributed by atoms with E-state index in [1.807, 2.05) is 12.1 Å². The van der Waals surface area contributed by atoms with Crippen molar-refractivity contribution in [2.24, 2.45) is 0 Å². The molecular formula is C27H28N2O7. The van der Waals surface area contributed by atoms with Gasteiger partial charge in [0, 0.05) is 17.8 Å². The van der Waals surface area contributed by atoms with E-state index in [9.17, 15) is 14.4 Å². The molecule has 36 heavy (non-hydrogen) atoms. The number of hydrogen-bond acceptors (Lipinski definition) is 7. The molecule has 2 amide bonds. The molecule has 0 spiro atoms. The fourth-order valence-electron chi connectivity index (χ4n) is 3.32. The van der Waals surface area contributed by atoms with Crippen LogP contribution in [0.15, 0.2) is 66.7 Å². The van der Waals surface area contributed by atoms with Crippen molar-refractivity contribution < 1.29 is 33.3 Å². The third kappa shape index (κ3) is 7.49. The van der Waals surface area contributed by atoms with Crippen LogP contribution in [0, 0.1) is 0 Å². The second kappa shape index (κ2) is 12.8. The first-order valence-corrected chi connectivity index (χ1v) is 11.2. The summed E-state index contributed by atoms with van der Waals surface area (Å²) < 4.78 is 20.2. The quantitative estimate of drug-likeness (QED) is 0.320. The van der Waals surface area contributed by atoms with Crippen LogP contribution in [-0.2, 0) is 22.5 Å². The highest BCUT2D eigenvalue weighted by molar-refractivity contribution is 6.04. The number of carbonyl (C=O) groups is 3. The zero-order valence-electron chi connectivity index (χ0n) is 20.3. The summed E-state index contributed by atoms with van der Waals surface area (Å²) in [6.07, 6.45) is -0.616. The lowest BCUT2D eigenvalue weighted by molar-refractivity contribution is -0.120. The van der Waals surface area contributed by atoms with Gasteiger partial charge in [0.15, 0.2) is 11.5 Å². The van der Waals surface area contributed by atoms with Gasteiger partial charge in [0.2, 0.25) is 5.91 Å². The number of nitrogens with one attached hydrogen (secondary N) is 2. The molecule has 0 saturated heterocycles. The molecule has 0 atom stereocenters. The van der Waals surface area contributed by atoms with E-state index in [1.54, 1.807) is 63.6 Å². The van der Waals surface area contributed by atoms with E-state index in [0.29, 0.717) is 29.3 Å². The first-order valence-electron chi connectivity index (χ1n) is 11.2. The van der Waals surface area contributed by atoms with Crippen LogP contribution in [0.4, 0.5) is 10.5 Å². The number of amides is 2. The smallest absolute Gasteiger partial charge is 0.493 e. The molecule has 0 unspecified atom stereocenters. The fraction of sp³-hybridized carbons (Fsp3) is 0.222. The van der Waals surface area contributed by atoms with Gasteiger partial charge in [0.05, 0.1) is 27.2 Å². The van der Waals surface area contributed by atoms with Gasteiger partial charge < -0.3 is 29.6 Å². The molecule has 0 heterocycles. The van der Waals surface area contributed by atoms with Crippen molar-refractivity contribution in [3.05, 3.63) is 83.4 Å². The third-order valence-electron chi connectivity index (χ3n) is 5.07. The summed E-state index contributed by atoms with van der Waals surface area (Å²) in [5.74, 6) is 0.957. The predicted octanol–water partition coefficient (Wildman–Crippen LogP) is 4.35. The van der Waals surface area contributed by atoms with Gasteiger partial charge >= 0.3 is 6.16 Å². The van der Waals surface area contributed by atoms with Crippen LogP contribution in [0.25, 0.3) is 0 Å². The molecule has 0 aliphatic heterocycles. The van der Waals surface area contributed by atoms with Crippen molar-refractivity contribution in [3.63, 3.8) is 0 Å². The molecule has 3 aromatic carbocycles. The molecule has 3 aromatic rings. The minimum absolute atomic E-state index is 0.151. The maximum Gasteiger partial charge on any atom is 0.513 e. The lowest BCUT2D eigenvalue weighted by atomic mass is 10.1. The highest BCUT2D eigenvalue weighted by atomic mass is 16.7. The van der Waals surface area contributed by atoms with E-state index >= 15 is 0 Å². The molecule has 0 fully saturated rings. The van der Waals surface area contributed by atoms with Crippen molar-refractivity contribution in [3.8, 4) is 17.2 Å². The normalized spacial score (nSPS) is 10.2. The summed E-state index contributed by atoms with van der Waals surface area (Å²) in [7, 11) is 3.10. The van der Waals surface area contributed by atoms with Crippen molar-refractivity contribution in [2.75, 3.05) is 26.1 Å². The van der Waals surface area contributed by atoms with E-state index in [-0.39, 0.29) is 30.6 Å². The number of benzene rings is 3. The zero-order valence-corrected chi connectivity index (χ0v) is 20.3. The Morgan fingerprint density at radius 1 is 0.833 bits per heavy atom. The molecule has 9 heteroatoms. The van der Waals surface area contributed by atoms with Crippen molar-refractivity contribution in [2.45, 2.75) is 19.9 Å². The summed E-state index contributed by atoms with van der Waals surface area (Å²) in [5.41, 5.74) is 2.59. The molecule has 9 nitrogen and oxygen atoms in total. The Hall–Kier alpha value is -4.53. The van der Waals surface area contributed by atoms with Crippen LogP contribution in [0.1, 0.15) is 28.4 Å². The topological polar surface area (TPSA) is 112 Å². The lowest BCUT2D eigenvalue weighted by Crippen LogP contribution is -2.24. The van der Waals surface area contributed by atoms with E-state index < -0.39 is 6.16 Å². The van der Waals surface area contributed by atoms with E-state index in [0.717, 1.165) is 11.1 Å².